The number of nitrogens with zero attached hydrogens (tertiary/aromatic N) is 2. The molecule has 0 aliphatic heterocycles. The first-order valence-corrected chi connectivity index (χ1v) is 13.9. The maximum atomic E-state index is 13.8. The van der Waals surface area contributed by atoms with E-state index in [2.05, 4.69) is 5.32 Å². The normalized spacial score (nSPS) is 12.0. The molecule has 2 amide bonds. The molecule has 0 heterocycles. The zero-order chi connectivity index (χ0) is 27.9. The predicted octanol–water partition coefficient (Wildman–Crippen LogP) is 4.58. The zero-order valence-corrected chi connectivity index (χ0v) is 23.0. The molecule has 202 valence electrons. The first-order valence-electron chi connectivity index (χ1n) is 12.5. The number of anilines is 1. The Morgan fingerprint density at radius 1 is 0.947 bits per heavy atom. The van der Waals surface area contributed by atoms with Crippen LogP contribution in [0.3, 0.4) is 0 Å². The van der Waals surface area contributed by atoms with Crippen LogP contribution in [0.4, 0.5) is 10.1 Å². The number of nitrogens with one attached hydrogen (secondary N) is 1. The van der Waals surface area contributed by atoms with E-state index in [1.165, 1.54) is 17.0 Å². The summed E-state index contributed by atoms with van der Waals surface area (Å²) in [7, 11) is -4.23. The van der Waals surface area contributed by atoms with Crippen LogP contribution in [-0.2, 0) is 26.2 Å². The fourth-order valence-electron chi connectivity index (χ4n) is 3.92. The summed E-state index contributed by atoms with van der Waals surface area (Å²) < 4.78 is 41.9. The summed E-state index contributed by atoms with van der Waals surface area (Å²) in [5.41, 5.74) is 2.99. The largest absolute Gasteiger partial charge is 0.354 e. The molecule has 38 heavy (non-hydrogen) atoms. The molecule has 0 aliphatic rings. The highest BCUT2D eigenvalue weighted by Gasteiger charge is 2.32. The fraction of sp³-hybridized carbons (Fsp3) is 0.310. The van der Waals surface area contributed by atoms with Crippen LogP contribution in [0, 0.1) is 19.7 Å². The van der Waals surface area contributed by atoms with E-state index in [-0.39, 0.29) is 23.0 Å². The molecule has 0 aromatic heterocycles. The van der Waals surface area contributed by atoms with Crippen LogP contribution in [0.25, 0.3) is 0 Å². The molecular formula is C29H34FN3O4S. The summed E-state index contributed by atoms with van der Waals surface area (Å²) in [6.45, 7) is 7.40. The van der Waals surface area contributed by atoms with E-state index in [9.17, 15) is 22.4 Å². The summed E-state index contributed by atoms with van der Waals surface area (Å²) in [6, 6.07) is 17.9. The molecule has 0 bridgehead atoms. The van der Waals surface area contributed by atoms with E-state index in [4.69, 9.17) is 0 Å². The van der Waals surface area contributed by atoms with Crippen molar-refractivity contribution in [2.45, 2.75) is 51.6 Å². The van der Waals surface area contributed by atoms with Crippen LogP contribution in [0.2, 0.25) is 0 Å². The van der Waals surface area contributed by atoms with Gasteiger partial charge >= 0.3 is 0 Å². The molecule has 0 unspecified atom stereocenters. The van der Waals surface area contributed by atoms with Crippen molar-refractivity contribution >= 4 is 27.5 Å². The van der Waals surface area contributed by atoms with Gasteiger partial charge in [0.2, 0.25) is 11.8 Å². The third kappa shape index (κ3) is 6.98. The minimum Gasteiger partial charge on any atom is -0.354 e. The number of carbonyl (C=O) groups excluding carboxylic acids is 2. The Morgan fingerprint density at radius 2 is 1.58 bits per heavy atom. The molecule has 0 radical (unpaired) electrons. The predicted molar refractivity (Wildman–Crippen MR) is 147 cm³/mol. The lowest BCUT2D eigenvalue weighted by molar-refractivity contribution is -0.139. The average molecular weight is 540 g/mol. The number of sulfonamides is 1. The third-order valence-electron chi connectivity index (χ3n) is 6.32. The van der Waals surface area contributed by atoms with E-state index in [0.29, 0.717) is 6.54 Å². The Kier molecular flexibility index (Phi) is 9.63. The number of halogens is 1. The molecule has 0 spiro atoms. The van der Waals surface area contributed by atoms with Crippen molar-refractivity contribution in [1.29, 1.82) is 0 Å². The lowest BCUT2D eigenvalue weighted by atomic mass is 10.1. The summed E-state index contributed by atoms with van der Waals surface area (Å²) >= 11 is 0. The Labute approximate surface area is 224 Å². The van der Waals surface area contributed by atoms with E-state index < -0.39 is 34.3 Å². The van der Waals surface area contributed by atoms with Gasteiger partial charge in [-0.1, -0.05) is 48.9 Å². The van der Waals surface area contributed by atoms with Crippen molar-refractivity contribution in [2.24, 2.45) is 0 Å². The van der Waals surface area contributed by atoms with E-state index in [1.54, 1.807) is 31.2 Å². The first kappa shape index (κ1) is 28.8. The van der Waals surface area contributed by atoms with Gasteiger partial charge in [-0.25, -0.2) is 12.8 Å². The van der Waals surface area contributed by atoms with E-state index >= 15 is 0 Å². The van der Waals surface area contributed by atoms with Crippen LogP contribution < -0.4 is 9.62 Å². The Balaban J connectivity index is 2.02. The highest BCUT2D eigenvalue weighted by molar-refractivity contribution is 7.92. The average Bonchev–Trinajstić information content (AvgIpc) is 2.90. The molecule has 3 aromatic rings. The first-order chi connectivity index (χ1) is 18.0. The van der Waals surface area contributed by atoms with Gasteiger partial charge in [-0.15, -0.1) is 0 Å². The lowest BCUT2D eigenvalue weighted by Gasteiger charge is -2.32. The summed E-state index contributed by atoms with van der Waals surface area (Å²) in [5, 5.41) is 2.82. The smallest absolute Gasteiger partial charge is 0.264 e. The topological polar surface area (TPSA) is 86.8 Å². The van der Waals surface area contributed by atoms with Crippen LogP contribution in [-0.4, -0.2) is 44.3 Å². The van der Waals surface area contributed by atoms with Gasteiger partial charge in [-0.3, -0.25) is 13.9 Å². The second-order valence-electron chi connectivity index (χ2n) is 9.22. The van der Waals surface area contributed by atoms with Crippen molar-refractivity contribution in [3.63, 3.8) is 0 Å². The molecular weight excluding hydrogens is 505 g/mol. The summed E-state index contributed by atoms with van der Waals surface area (Å²) in [5.74, 6) is -1.44. The van der Waals surface area contributed by atoms with Crippen molar-refractivity contribution < 1.29 is 22.4 Å². The van der Waals surface area contributed by atoms with Gasteiger partial charge in [0.25, 0.3) is 10.0 Å². The standard InChI is InChI=1S/C29H34FN3O4S/c1-5-18-31-29(35)23(4)32(19-24-9-7-6-8-22(24)3)28(34)20-33(26-14-10-21(2)11-15-26)38(36,37)27-16-12-25(30)13-17-27/h6-17,23H,5,18-20H2,1-4H3,(H,31,35)/t23-/m1/s1. The number of amides is 2. The maximum Gasteiger partial charge on any atom is 0.264 e. The molecule has 0 fully saturated rings. The fourth-order valence-corrected chi connectivity index (χ4v) is 5.34. The summed E-state index contributed by atoms with van der Waals surface area (Å²) in [6.07, 6.45) is 0.737. The molecule has 3 rings (SSSR count). The second-order valence-corrected chi connectivity index (χ2v) is 11.1. The molecule has 1 N–H and O–H groups in total. The number of benzene rings is 3. The highest BCUT2D eigenvalue weighted by Crippen LogP contribution is 2.25. The van der Waals surface area contributed by atoms with Crippen molar-refractivity contribution in [1.82, 2.24) is 10.2 Å². The number of rotatable bonds is 11. The van der Waals surface area contributed by atoms with Crippen LogP contribution in [0.15, 0.2) is 77.7 Å². The molecule has 0 saturated carbocycles. The number of hydrogen-bond acceptors (Lipinski definition) is 4. The van der Waals surface area contributed by atoms with Crippen molar-refractivity contribution in [2.75, 3.05) is 17.4 Å². The quantitative estimate of drug-likeness (QED) is 0.387. The second kappa shape index (κ2) is 12.7. The maximum absolute atomic E-state index is 13.8. The van der Waals surface area contributed by atoms with Gasteiger partial charge in [-0.2, -0.15) is 0 Å². The monoisotopic (exact) mass is 539 g/mol. The van der Waals surface area contributed by atoms with Gasteiger partial charge in [0, 0.05) is 13.1 Å². The van der Waals surface area contributed by atoms with Crippen molar-refractivity contribution in [3.8, 4) is 0 Å². The van der Waals surface area contributed by atoms with Crippen LogP contribution in [0.5, 0.6) is 0 Å². The van der Waals surface area contributed by atoms with Gasteiger partial charge in [-0.05, 0) is 74.7 Å². The SMILES string of the molecule is CCCNC(=O)[C@@H](C)N(Cc1ccccc1C)C(=O)CN(c1ccc(C)cc1)S(=O)(=O)c1ccc(F)cc1. The van der Waals surface area contributed by atoms with Gasteiger partial charge in [0.05, 0.1) is 10.6 Å². The zero-order valence-electron chi connectivity index (χ0n) is 22.1. The minimum absolute atomic E-state index is 0.130. The molecule has 3 aromatic carbocycles. The Morgan fingerprint density at radius 3 is 2.18 bits per heavy atom. The molecule has 0 aliphatic carbocycles. The van der Waals surface area contributed by atoms with Gasteiger partial charge in [0.15, 0.2) is 0 Å². The van der Waals surface area contributed by atoms with Crippen LogP contribution in [0.1, 0.15) is 37.0 Å². The van der Waals surface area contributed by atoms with Gasteiger partial charge < -0.3 is 10.2 Å². The number of carbonyl (C=O) groups is 2. The van der Waals surface area contributed by atoms with Crippen molar-refractivity contribution in [3.05, 3.63) is 95.3 Å². The van der Waals surface area contributed by atoms with E-state index in [0.717, 1.165) is 39.5 Å². The number of hydrogen-bond donors (Lipinski definition) is 1. The van der Waals surface area contributed by atoms with Crippen LogP contribution >= 0.6 is 0 Å². The molecule has 7 nitrogen and oxygen atoms in total. The summed E-state index contributed by atoms with van der Waals surface area (Å²) in [4.78, 5) is 28.0. The Bertz CT molecular complexity index is 1360. The van der Waals surface area contributed by atoms with Gasteiger partial charge in [0.1, 0.15) is 18.4 Å². The Hall–Kier alpha value is -3.72. The lowest BCUT2D eigenvalue weighted by Crippen LogP contribution is -2.51. The molecule has 0 saturated heterocycles. The number of aryl methyl sites for hydroxylation is 2. The minimum atomic E-state index is -4.23. The molecule has 9 heteroatoms. The highest BCUT2D eigenvalue weighted by atomic mass is 32.2. The van der Waals surface area contributed by atoms with E-state index in [1.807, 2.05) is 45.0 Å². The third-order valence-corrected chi connectivity index (χ3v) is 8.11. The molecule has 1 atom stereocenters.